The SMILES string of the molecule is CC(C)(C)c1nnc2sc(COc3cccc(N)c3)nn12. The van der Waals surface area contributed by atoms with Crippen molar-refractivity contribution in [2.45, 2.75) is 32.8 Å². The predicted molar refractivity (Wildman–Crippen MR) is 82.5 cm³/mol. The number of fused-ring (bicyclic) bond motifs is 1. The third kappa shape index (κ3) is 2.82. The van der Waals surface area contributed by atoms with E-state index in [2.05, 4.69) is 36.1 Å². The van der Waals surface area contributed by atoms with Crippen molar-refractivity contribution < 1.29 is 4.74 Å². The first-order chi connectivity index (χ1) is 9.93. The average Bonchev–Trinajstić information content (AvgIpc) is 2.94. The summed E-state index contributed by atoms with van der Waals surface area (Å²) in [6.45, 7) is 6.66. The Morgan fingerprint density at radius 1 is 1.29 bits per heavy atom. The van der Waals surface area contributed by atoms with Crippen molar-refractivity contribution in [1.29, 1.82) is 0 Å². The summed E-state index contributed by atoms with van der Waals surface area (Å²) < 4.78 is 7.50. The quantitative estimate of drug-likeness (QED) is 0.753. The smallest absolute Gasteiger partial charge is 0.234 e. The Bertz CT molecular complexity index is 771. The number of aromatic nitrogens is 4. The summed E-state index contributed by atoms with van der Waals surface area (Å²) in [4.78, 5) is 0.783. The first kappa shape index (κ1) is 13.8. The van der Waals surface area contributed by atoms with E-state index in [1.807, 2.05) is 18.2 Å². The molecule has 0 spiro atoms. The zero-order valence-corrected chi connectivity index (χ0v) is 13.0. The first-order valence-corrected chi connectivity index (χ1v) is 7.45. The minimum Gasteiger partial charge on any atom is -0.486 e. The second-order valence-corrected chi connectivity index (χ2v) is 6.87. The third-order valence-corrected chi connectivity index (χ3v) is 3.80. The van der Waals surface area contributed by atoms with Crippen molar-refractivity contribution in [3.63, 3.8) is 0 Å². The van der Waals surface area contributed by atoms with Gasteiger partial charge in [-0.15, -0.1) is 10.2 Å². The van der Waals surface area contributed by atoms with Crippen LogP contribution in [0.2, 0.25) is 0 Å². The van der Waals surface area contributed by atoms with E-state index >= 15 is 0 Å². The summed E-state index contributed by atoms with van der Waals surface area (Å²) in [6, 6.07) is 7.35. The zero-order valence-electron chi connectivity index (χ0n) is 12.2. The predicted octanol–water partition coefficient (Wildman–Crippen LogP) is 2.64. The molecule has 3 rings (SSSR count). The number of nitrogen functional groups attached to an aromatic ring is 1. The van der Waals surface area contributed by atoms with Crippen molar-refractivity contribution in [2.24, 2.45) is 0 Å². The van der Waals surface area contributed by atoms with Crippen LogP contribution in [0, 0.1) is 0 Å². The van der Waals surface area contributed by atoms with Crippen molar-refractivity contribution in [3.8, 4) is 5.75 Å². The molecule has 0 bridgehead atoms. The second-order valence-electron chi connectivity index (χ2n) is 5.82. The highest BCUT2D eigenvalue weighted by atomic mass is 32.1. The normalized spacial score (nSPS) is 12.0. The number of hydrogen-bond acceptors (Lipinski definition) is 6. The summed E-state index contributed by atoms with van der Waals surface area (Å²) >= 11 is 1.48. The molecule has 0 saturated carbocycles. The molecule has 0 aliphatic rings. The van der Waals surface area contributed by atoms with Gasteiger partial charge in [0.25, 0.3) is 0 Å². The highest BCUT2D eigenvalue weighted by molar-refractivity contribution is 7.16. The van der Waals surface area contributed by atoms with Gasteiger partial charge in [-0.05, 0) is 12.1 Å². The number of anilines is 1. The van der Waals surface area contributed by atoms with Gasteiger partial charge in [-0.1, -0.05) is 38.2 Å². The average molecular weight is 303 g/mol. The molecule has 1 aromatic carbocycles. The lowest BCUT2D eigenvalue weighted by Crippen LogP contribution is -2.16. The van der Waals surface area contributed by atoms with Crippen LogP contribution in [0.3, 0.4) is 0 Å². The molecule has 0 aliphatic heterocycles. The molecular weight excluding hydrogens is 286 g/mol. The maximum Gasteiger partial charge on any atom is 0.234 e. The van der Waals surface area contributed by atoms with Crippen LogP contribution < -0.4 is 10.5 Å². The number of nitrogens with two attached hydrogens (primary N) is 1. The number of ether oxygens (including phenoxy) is 1. The maximum absolute atomic E-state index is 5.72. The minimum absolute atomic E-state index is 0.0977. The van der Waals surface area contributed by atoms with E-state index in [1.54, 1.807) is 10.6 Å². The molecule has 0 fully saturated rings. The Labute approximate surface area is 126 Å². The molecule has 7 heteroatoms. The highest BCUT2D eigenvalue weighted by Crippen LogP contribution is 2.24. The van der Waals surface area contributed by atoms with Gasteiger partial charge >= 0.3 is 0 Å². The molecule has 2 heterocycles. The van der Waals surface area contributed by atoms with Crippen LogP contribution in [0.5, 0.6) is 5.75 Å². The summed E-state index contributed by atoms with van der Waals surface area (Å²) in [7, 11) is 0. The van der Waals surface area contributed by atoms with Crippen LogP contribution in [0.1, 0.15) is 31.6 Å². The van der Waals surface area contributed by atoms with Gasteiger partial charge in [-0.2, -0.15) is 9.61 Å². The van der Waals surface area contributed by atoms with Gasteiger partial charge in [0.15, 0.2) is 10.8 Å². The van der Waals surface area contributed by atoms with Crippen LogP contribution in [0.15, 0.2) is 24.3 Å². The van der Waals surface area contributed by atoms with Gasteiger partial charge in [0.2, 0.25) is 4.96 Å². The number of nitrogens with zero attached hydrogens (tertiary/aromatic N) is 4. The van der Waals surface area contributed by atoms with Gasteiger partial charge in [-0.25, -0.2) is 0 Å². The Balaban J connectivity index is 1.81. The number of rotatable bonds is 3. The summed E-state index contributed by atoms with van der Waals surface area (Å²) in [5.74, 6) is 1.58. The molecule has 0 radical (unpaired) electrons. The molecule has 0 unspecified atom stereocenters. The Morgan fingerprint density at radius 2 is 2.10 bits per heavy atom. The van der Waals surface area contributed by atoms with Crippen molar-refractivity contribution in [2.75, 3.05) is 5.73 Å². The fraction of sp³-hybridized carbons (Fsp3) is 0.357. The van der Waals surface area contributed by atoms with E-state index in [0.29, 0.717) is 12.3 Å². The van der Waals surface area contributed by atoms with Gasteiger partial charge in [0, 0.05) is 17.2 Å². The summed E-state index contributed by atoms with van der Waals surface area (Å²) in [6.07, 6.45) is 0. The largest absolute Gasteiger partial charge is 0.486 e. The first-order valence-electron chi connectivity index (χ1n) is 6.63. The fourth-order valence-corrected chi connectivity index (χ4v) is 2.68. The van der Waals surface area contributed by atoms with E-state index in [-0.39, 0.29) is 5.41 Å². The third-order valence-electron chi connectivity index (χ3n) is 2.92. The lowest BCUT2D eigenvalue weighted by Gasteiger charge is -2.13. The van der Waals surface area contributed by atoms with Gasteiger partial charge < -0.3 is 10.5 Å². The molecule has 0 atom stereocenters. The maximum atomic E-state index is 5.72. The van der Waals surface area contributed by atoms with E-state index < -0.39 is 0 Å². The van der Waals surface area contributed by atoms with E-state index in [4.69, 9.17) is 10.5 Å². The molecule has 110 valence electrons. The topological polar surface area (TPSA) is 78.3 Å². The van der Waals surface area contributed by atoms with Crippen molar-refractivity contribution in [3.05, 3.63) is 35.1 Å². The molecule has 6 nitrogen and oxygen atoms in total. The molecular formula is C14H17N5OS. The van der Waals surface area contributed by atoms with Crippen LogP contribution in [0.25, 0.3) is 4.96 Å². The number of hydrogen-bond donors (Lipinski definition) is 1. The van der Waals surface area contributed by atoms with E-state index in [9.17, 15) is 0 Å². The molecule has 2 N–H and O–H groups in total. The Kier molecular flexibility index (Phi) is 3.29. The van der Waals surface area contributed by atoms with Crippen LogP contribution in [-0.2, 0) is 12.0 Å². The van der Waals surface area contributed by atoms with Crippen molar-refractivity contribution in [1.82, 2.24) is 19.8 Å². The Morgan fingerprint density at radius 3 is 2.81 bits per heavy atom. The van der Waals surface area contributed by atoms with Crippen LogP contribution in [-0.4, -0.2) is 19.8 Å². The van der Waals surface area contributed by atoms with Crippen LogP contribution in [0.4, 0.5) is 5.69 Å². The molecule has 2 aromatic heterocycles. The standard InChI is InChI=1S/C14H17N5OS/c1-14(2,3)12-16-17-13-19(12)18-11(21-13)8-20-10-6-4-5-9(15)7-10/h4-7H,8,15H2,1-3H3. The van der Waals surface area contributed by atoms with Crippen LogP contribution >= 0.6 is 11.3 Å². The monoisotopic (exact) mass is 303 g/mol. The minimum atomic E-state index is -0.0977. The highest BCUT2D eigenvalue weighted by Gasteiger charge is 2.23. The molecule has 0 saturated heterocycles. The molecule has 0 amide bonds. The number of benzene rings is 1. The lowest BCUT2D eigenvalue weighted by molar-refractivity contribution is 0.304. The summed E-state index contributed by atoms with van der Waals surface area (Å²) in [5, 5.41) is 13.8. The Hall–Kier alpha value is -2.15. The lowest BCUT2D eigenvalue weighted by atomic mass is 9.96. The van der Waals surface area contributed by atoms with Crippen molar-refractivity contribution >= 4 is 22.0 Å². The zero-order chi connectivity index (χ0) is 15.0. The second kappa shape index (κ2) is 5.00. The summed E-state index contributed by atoms with van der Waals surface area (Å²) in [5.41, 5.74) is 6.31. The fourth-order valence-electron chi connectivity index (χ4n) is 1.93. The van der Waals surface area contributed by atoms with Gasteiger partial charge in [0.1, 0.15) is 12.4 Å². The van der Waals surface area contributed by atoms with E-state index in [1.165, 1.54) is 11.3 Å². The van der Waals surface area contributed by atoms with Gasteiger partial charge in [0.05, 0.1) is 0 Å². The molecule has 0 aliphatic carbocycles. The molecule has 3 aromatic rings. The van der Waals surface area contributed by atoms with Gasteiger partial charge in [-0.3, -0.25) is 0 Å². The molecule has 21 heavy (non-hydrogen) atoms. The van der Waals surface area contributed by atoms with E-state index in [0.717, 1.165) is 21.5 Å².